The maximum Gasteiger partial charge on any atom is 0.176 e. The second kappa shape index (κ2) is 7.13. The summed E-state index contributed by atoms with van der Waals surface area (Å²) in [6.45, 7) is -1.03. The SMILES string of the molecule is N=c1ncn(C2O[C@H](CO)[C@@H](O)[C@H]2O)c2c1ncn2[C@@H]1O[C@H](CO)[C@@H](O)[C@H]1O. The van der Waals surface area contributed by atoms with E-state index in [4.69, 9.17) is 14.9 Å². The summed E-state index contributed by atoms with van der Waals surface area (Å²) in [5, 5.41) is 67.3. The van der Waals surface area contributed by atoms with E-state index >= 15 is 0 Å². The smallest absolute Gasteiger partial charge is 0.176 e. The fourth-order valence-electron chi connectivity index (χ4n) is 3.61. The molecule has 28 heavy (non-hydrogen) atoms. The van der Waals surface area contributed by atoms with Crippen LogP contribution in [0.2, 0.25) is 0 Å². The topological polar surface area (TPSA) is 199 Å². The molecule has 0 radical (unpaired) electrons. The van der Waals surface area contributed by atoms with E-state index in [0.29, 0.717) is 0 Å². The third-order valence-corrected chi connectivity index (χ3v) is 5.13. The minimum absolute atomic E-state index is 0.0953. The molecule has 4 rings (SSSR count). The van der Waals surface area contributed by atoms with Crippen molar-refractivity contribution in [3.8, 4) is 0 Å². The zero-order chi connectivity index (χ0) is 20.2. The Balaban J connectivity index is 1.83. The van der Waals surface area contributed by atoms with Crippen LogP contribution in [0, 0.1) is 5.41 Å². The number of nitrogens with one attached hydrogen (secondary N) is 1. The molecule has 0 amide bonds. The molecule has 0 saturated carbocycles. The van der Waals surface area contributed by atoms with Gasteiger partial charge in [-0.05, 0) is 0 Å². The Hall–Kier alpha value is -1.97. The quantitative estimate of drug-likeness (QED) is 0.265. The van der Waals surface area contributed by atoms with E-state index in [2.05, 4.69) is 9.97 Å². The molecule has 0 spiro atoms. The molecule has 2 aromatic heterocycles. The third kappa shape index (κ3) is 2.75. The molecule has 2 fully saturated rings. The van der Waals surface area contributed by atoms with Crippen LogP contribution in [0.4, 0.5) is 0 Å². The number of aromatic nitrogens is 4. The normalized spacial score (nSPS) is 38.5. The average Bonchev–Trinajstić information content (AvgIpc) is 3.33. The Bertz CT molecular complexity index is 917. The van der Waals surface area contributed by atoms with Gasteiger partial charge in [0.15, 0.2) is 23.5 Å². The van der Waals surface area contributed by atoms with Gasteiger partial charge in [0.1, 0.15) is 48.6 Å². The fraction of sp³-hybridized carbons (Fsp3) is 0.667. The first kappa shape index (κ1) is 19.4. The predicted molar refractivity (Wildman–Crippen MR) is 87.4 cm³/mol. The molecule has 2 saturated heterocycles. The third-order valence-electron chi connectivity index (χ3n) is 5.13. The maximum atomic E-state index is 10.3. The summed E-state index contributed by atoms with van der Waals surface area (Å²) in [6, 6.07) is 0. The number of ether oxygens (including phenoxy) is 2. The number of hydrogen-bond donors (Lipinski definition) is 7. The van der Waals surface area contributed by atoms with Crippen molar-refractivity contribution in [2.45, 2.75) is 49.1 Å². The van der Waals surface area contributed by atoms with Gasteiger partial charge >= 0.3 is 0 Å². The van der Waals surface area contributed by atoms with Gasteiger partial charge in [-0.2, -0.15) is 0 Å². The highest BCUT2D eigenvalue weighted by atomic mass is 16.6. The van der Waals surface area contributed by atoms with Crippen LogP contribution in [0.3, 0.4) is 0 Å². The van der Waals surface area contributed by atoms with Gasteiger partial charge in [0.2, 0.25) is 0 Å². The molecule has 13 heteroatoms. The van der Waals surface area contributed by atoms with E-state index in [9.17, 15) is 30.6 Å². The molecular weight excluding hydrogens is 378 g/mol. The van der Waals surface area contributed by atoms with Crippen molar-refractivity contribution < 1.29 is 40.1 Å². The zero-order valence-corrected chi connectivity index (χ0v) is 14.5. The molecule has 13 nitrogen and oxygen atoms in total. The Morgan fingerprint density at radius 1 is 0.821 bits per heavy atom. The first-order chi connectivity index (χ1) is 13.4. The van der Waals surface area contributed by atoms with Gasteiger partial charge in [-0.1, -0.05) is 0 Å². The summed E-state index contributed by atoms with van der Waals surface area (Å²) >= 11 is 0. The number of imidazole rings is 1. The number of nitrogens with zero attached hydrogens (tertiary/aromatic N) is 4. The first-order valence-electron chi connectivity index (χ1n) is 8.62. The van der Waals surface area contributed by atoms with E-state index < -0.39 is 62.3 Å². The molecule has 0 aromatic carbocycles. The molecule has 2 aliphatic heterocycles. The predicted octanol–water partition coefficient (Wildman–Crippen LogP) is -4.06. The van der Waals surface area contributed by atoms with Crippen LogP contribution in [0.1, 0.15) is 12.5 Å². The maximum absolute atomic E-state index is 10.3. The lowest BCUT2D eigenvalue weighted by atomic mass is 10.1. The second-order valence-electron chi connectivity index (χ2n) is 6.78. The number of aliphatic hydroxyl groups excluding tert-OH is 6. The molecule has 7 N–H and O–H groups in total. The largest absolute Gasteiger partial charge is 0.394 e. The van der Waals surface area contributed by atoms with Crippen LogP contribution >= 0.6 is 0 Å². The molecule has 4 heterocycles. The van der Waals surface area contributed by atoms with Crippen LogP contribution < -0.4 is 5.49 Å². The van der Waals surface area contributed by atoms with Gasteiger partial charge in [0.25, 0.3) is 0 Å². The lowest BCUT2D eigenvalue weighted by molar-refractivity contribution is -0.0588. The summed E-state index contributed by atoms with van der Waals surface area (Å²) in [5.74, 6) is 0. The minimum Gasteiger partial charge on any atom is -0.394 e. The van der Waals surface area contributed by atoms with E-state index in [1.54, 1.807) is 0 Å². The minimum atomic E-state index is -1.41. The van der Waals surface area contributed by atoms with Crippen LogP contribution in [-0.4, -0.2) is 99.6 Å². The van der Waals surface area contributed by atoms with Crippen LogP contribution in [0.25, 0.3) is 11.2 Å². The fourth-order valence-corrected chi connectivity index (χ4v) is 3.61. The molecule has 0 bridgehead atoms. The summed E-state index contributed by atoms with van der Waals surface area (Å²) in [6.07, 6.45) is -7.36. The highest BCUT2D eigenvalue weighted by Gasteiger charge is 2.46. The standard InChI is InChI=1S/C15H21N5O8/c16-12-7-13(19(3-17-7)14-10(25)8(23)5(1-21)27-14)20(4-18-12)15-11(26)9(24)6(2-22)28-15/h3-6,8-11,14-16,21-26H,1-2H2/t5-,6-,8-,9-,10-,11-,14-,15?/m1/s1. The average molecular weight is 399 g/mol. The Morgan fingerprint density at radius 2 is 1.29 bits per heavy atom. The van der Waals surface area contributed by atoms with E-state index in [1.807, 2.05) is 0 Å². The molecular formula is C15H21N5O8. The summed E-state index contributed by atoms with van der Waals surface area (Å²) < 4.78 is 13.7. The highest BCUT2D eigenvalue weighted by Crippen LogP contribution is 2.34. The van der Waals surface area contributed by atoms with Crippen molar-refractivity contribution in [3.05, 3.63) is 18.1 Å². The van der Waals surface area contributed by atoms with Crippen LogP contribution in [0.15, 0.2) is 12.7 Å². The van der Waals surface area contributed by atoms with Crippen molar-refractivity contribution in [1.29, 1.82) is 5.41 Å². The molecule has 2 aliphatic rings. The summed E-state index contributed by atoms with van der Waals surface area (Å²) in [4.78, 5) is 7.99. The van der Waals surface area contributed by atoms with Gasteiger partial charge in [-0.25, -0.2) is 9.97 Å². The van der Waals surface area contributed by atoms with E-state index in [-0.39, 0.29) is 16.7 Å². The summed E-state index contributed by atoms with van der Waals surface area (Å²) in [5.41, 5.74) is 0.0751. The highest BCUT2D eigenvalue weighted by molar-refractivity contribution is 5.69. The number of rotatable bonds is 4. The van der Waals surface area contributed by atoms with E-state index in [1.165, 1.54) is 21.8 Å². The van der Waals surface area contributed by atoms with E-state index in [0.717, 1.165) is 0 Å². The molecule has 1 unspecified atom stereocenters. The van der Waals surface area contributed by atoms with Gasteiger partial charge in [-0.3, -0.25) is 14.5 Å². The van der Waals surface area contributed by atoms with Crippen molar-refractivity contribution in [1.82, 2.24) is 19.1 Å². The van der Waals surface area contributed by atoms with Gasteiger partial charge in [-0.15, -0.1) is 0 Å². The molecule has 2 aromatic rings. The Kier molecular flexibility index (Phi) is 4.93. The van der Waals surface area contributed by atoms with Crippen molar-refractivity contribution in [3.63, 3.8) is 0 Å². The number of fused-ring (bicyclic) bond motifs is 1. The first-order valence-corrected chi connectivity index (χ1v) is 8.62. The Labute approximate surface area is 157 Å². The lowest BCUT2D eigenvalue weighted by Crippen LogP contribution is -2.34. The van der Waals surface area contributed by atoms with Gasteiger partial charge in [0.05, 0.1) is 19.5 Å². The van der Waals surface area contributed by atoms with Crippen molar-refractivity contribution >= 4 is 11.2 Å². The lowest BCUT2D eigenvalue weighted by Gasteiger charge is -2.23. The van der Waals surface area contributed by atoms with Crippen molar-refractivity contribution in [2.24, 2.45) is 0 Å². The van der Waals surface area contributed by atoms with Crippen LogP contribution in [0.5, 0.6) is 0 Å². The number of aliphatic hydroxyl groups is 6. The van der Waals surface area contributed by atoms with Gasteiger partial charge < -0.3 is 40.1 Å². The van der Waals surface area contributed by atoms with Crippen LogP contribution in [-0.2, 0) is 9.47 Å². The Morgan fingerprint density at radius 3 is 1.71 bits per heavy atom. The molecule has 8 atom stereocenters. The second-order valence-corrected chi connectivity index (χ2v) is 6.78. The molecule has 154 valence electrons. The zero-order valence-electron chi connectivity index (χ0n) is 14.5. The molecule has 0 aliphatic carbocycles. The summed E-state index contributed by atoms with van der Waals surface area (Å²) in [7, 11) is 0. The van der Waals surface area contributed by atoms with Gasteiger partial charge in [0, 0.05) is 0 Å². The monoisotopic (exact) mass is 399 g/mol. The van der Waals surface area contributed by atoms with Crippen molar-refractivity contribution in [2.75, 3.05) is 13.2 Å². The number of hydrogen-bond acceptors (Lipinski definition) is 11.